The number of hydrogen-bond donors (Lipinski definition) is 2. The molecule has 1 saturated carbocycles. The van der Waals surface area contributed by atoms with Crippen LogP contribution in [0.2, 0.25) is 0 Å². The van der Waals surface area contributed by atoms with Crippen molar-refractivity contribution >= 4 is 46.2 Å². The summed E-state index contributed by atoms with van der Waals surface area (Å²) in [5, 5.41) is 6.43. The van der Waals surface area contributed by atoms with Crippen molar-refractivity contribution in [2.24, 2.45) is 0 Å². The van der Waals surface area contributed by atoms with Crippen LogP contribution in [0.4, 0.5) is 26.2 Å². The smallest absolute Gasteiger partial charge is 0.270 e. The van der Waals surface area contributed by atoms with Gasteiger partial charge in [0.05, 0.1) is 17.8 Å². The van der Waals surface area contributed by atoms with Gasteiger partial charge in [-0.2, -0.15) is 4.98 Å². The molecule has 4 aromatic rings. The lowest BCUT2D eigenvalue weighted by atomic mass is 9.85. The number of imide groups is 1. The van der Waals surface area contributed by atoms with Gasteiger partial charge in [0, 0.05) is 70.4 Å². The van der Waals surface area contributed by atoms with Crippen LogP contribution in [0.15, 0.2) is 48.8 Å². The Bertz CT molecular complexity index is 2080. The Balaban J connectivity index is 0.817. The molecule has 4 fully saturated rings. The van der Waals surface area contributed by atoms with E-state index in [1.165, 1.54) is 6.07 Å². The van der Waals surface area contributed by atoms with Gasteiger partial charge in [-0.05, 0) is 93.2 Å². The Morgan fingerprint density at radius 3 is 2.39 bits per heavy atom. The summed E-state index contributed by atoms with van der Waals surface area (Å²) in [4.78, 5) is 57.2. The molecule has 12 nitrogen and oxygen atoms in total. The molecule has 1 atom stereocenters. The monoisotopic (exact) mass is 767 g/mol. The summed E-state index contributed by atoms with van der Waals surface area (Å²) >= 11 is 0. The summed E-state index contributed by atoms with van der Waals surface area (Å²) < 4.78 is 33.1. The fraction of sp³-hybridized carbons (Fsp3) is 0.524. The second-order valence-corrected chi connectivity index (χ2v) is 16.3. The van der Waals surface area contributed by atoms with Gasteiger partial charge in [-0.15, -0.1) is 0 Å². The average molecular weight is 768 g/mol. The highest BCUT2D eigenvalue weighted by atomic mass is 19.1. The van der Waals surface area contributed by atoms with E-state index >= 15 is 8.78 Å². The summed E-state index contributed by atoms with van der Waals surface area (Å²) in [5.41, 5.74) is 2.13. The maximum Gasteiger partial charge on any atom is 0.270 e. The highest BCUT2D eigenvalue weighted by molar-refractivity contribution is 6.01. The number of nitrogens with zero attached hydrogens (tertiary/aromatic N) is 7. The topological polar surface area (TPSA) is 129 Å². The zero-order valence-electron chi connectivity index (χ0n) is 32.3. The molecule has 1 aliphatic carbocycles. The van der Waals surface area contributed by atoms with E-state index in [1.807, 2.05) is 18.3 Å². The Kier molecular flexibility index (Phi) is 10.7. The molecule has 3 aliphatic heterocycles. The largest absolute Gasteiger partial charge is 0.370 e. The van der Waals surface area contributed by atoms with Crippen LogP contribution in [0, 0.1) is 5.82 Å². The van der Waals surface area contributed by atoms with Crippen molar-refractivity contribution in [2.75, 3.05) is 50.5 Å². The minimum absolute atomic E-state index is 0.0385. The quantitative estimate of drug-likeness (QED) is 0.175. The van der Waals surface area contributed by atoms with Crippen molar-refractivity contribution < 1.29 is 23.2 Å². The van der Waals surface area contributed by atoms with Crippen molar-refractivity contribution in [2.45, 2.75) is 101 Å². The van der Waals surface area contributed by atoms with Crippen molar-refractivity contribution in [3.8, 4) is 0 Å². The van der Waals surface area contributed by atoms with E-state index in [0.717, 1.165) is 68.3 Å². The molecule has 3 aromatic heterocycles. The molecule has 0 spiro atoms. The standard InChI is InChI=1S/C42H51F2N9O3/c1-50(2)40(56)35-24-29-25-46-41(49-38(29)53(35)31-5-3-4-6-31)47-36-11-9-32(26-45-36)51-19-14-30(15-20-51)52-21-17-42(44,18-22-52)16-13-27-7-8-28(23-34(27)43)33-10-12-37(54)48-39(33)55/h7-9,11,23-26,30-31,33H,3-6,10,12-22H2,1-2H3,(H,48,54,55)(H,45,46,47,49). The first kappa shape index (κ1) is 37.9. The second kappa shape index (κ2) is 15.9. The average Bonchev–Trinajstić information content (AvgIpc) is 3.86. The Morgan fingerprint density at radius 2 is 1.71 bits per heavy atom. The van der Waals surface area contributed by atoms with Gasteiger partial charge in [0.2, 0.25) is 17.8 Å². The second-order valence-electron chi connectivity index (χ2n) is 16.3. The number of fused-ring (bicyclic) bond motifs is 1. The molecule has 2 N–H and O–H groups in total. The van der Waals surface area contributed by atoms with Crippen molar-refractivity contribution in [1.82, 2.24) is 34.6 Å². The van der Waals surface area contributed by atoms with Gasteiger partial charge in [-0.1, -0.05) is 25.0 Å². The maximum atomic E-state index is 16.0. The molecule has 14 heteroatoms. The maximum absolute atomic E-state index is 16.0. The number of aromatic nitrogens is 4. The molecule has 296 valence electrons. The number of benzene rings is 1. The summed E-state index contributed by atoms with van der Waals surface area (Å²) in [6.45, 7) is 3.14. The van der Waals surface area contributed by atoms with Gasteiger partial charge in [0.25, 0.3) is 5.91 Å². The predicted octanol–water partition coefficient (Wildman–Crippen LogP) is 6.45. The van der Waals surface area contributed by atoms with Gasteiger partial charge >= 0.3 is 0 Å². The van der Waals surface area contributed by atoms with Crippen LogP contribution >= 0.6 is 0 Å². The normalized spacial score (nSPS) is 21.1. The van der Waals surface area contributed by atoms with E-state index in [9.17, 15) is 14.4 Å². The Morgan fingerprint density at radius 1 is 0.946 bits per heavy atom. The van der Waals surface area contributed by atoms with Crippen LogP contribution in [0.3, 0.4) is 0 Å². The van der Waals surface area contributed by atoms with E-state index in [0.29, 0.717) is 73.4 Å². The lowest BCUT2D eigenvalue weighted by Crippen LogP contribution is -2.50. The molecule has 3 saturated heterocycles. The molecule has 1 aromatic carbocycles. The molecular weight excluding hydrogens is 717 g/mol. The molecule has 8 rings (SSSR count). The van der Waals surface area contributed by atoms with E-state index in [2.05, 4.69) is 41.0 Å². The highest BCUT2D eigenvalue weighted by Gasteiger charge is 2.37. The molecule has 0 radical (unpaired) electrons. The van der Waals surface area contributed by atoms with Crippen LogP contribution in [0.1, 0.15) is 104 Å². The Labute approximate surface area is 326 Å². The number of carbonyl (C=O) groups excluding carboxylic acids is 3. The van der Waals surface area contributed by atoms with Crippen LogP contribution in [-0.4, -0.2) is 99.0 Å². The lowest BCUT2D eigenvalue weighted by molar-refractivity contribution is -0.134. The highest BCUT2D eigenvalue weighted by Crippen LogP contribution is 2.37. The zero-order chi connectivity index (χ0) is 39.0. The summed E-state index contributed by atoms with van der Waals surface area (Å²) in [7, 11) is 3.54. The third-order valence-corrected chi connectivity index (χ3v) is 12.5. The number of anilines is 3. The lowest BCUT2D eigenvalue weighted by Gasteiger charge is -2.44. The number of likely N-dealkylation sites (tertiary alicyclic amines) is 1. The SMILES string of the molecule is CN(C)C(=O)c1cc2cnc(Nc3ccc(N4CCC(N5CCC(F)(CCc6ccc(C7CCC(=O)NC7=O)cc6F)CC5)CC4)cn3)nc2n1C1CCCC1. The molecule has 0 bridgehead atoms. The first-order chi connectivity index (χ1) is 27.0. The van der Waals surface area contributed by atoms with Crippen LogP contribution in [-0.2, 0) is 16.0 Å². The molecule has 56 heavy (non-hydrogen) atoms. The third-order valence-electron chi connectivity index (χ3n) is 12.5. The molecule has 1 unspecified atom stereocenters. The molecule has 4 aliphatic rings. The summed E-state index contributed by atoms with van der Waals surface area (Å²) in [6.07, 6.45) is 12.0. The van der Waals surface area contributed by atoms with Gasteiger partial charge in [-0.25, -0.2) is 18.7 Å². The number of carbonyl (C=O) groups is 3. The first-order valence-electron chi connectivity index (χ1n) is 20.2. The predicted molar refractivity (Wildman–Crippen MR) is 210 cm³/mol. The van der Waals surface area contributed by atoms with Gasteiger partial charge in [-0.3, -0.25) is 19.7 Å². The summed E-state index contributed by atoms with van der Waals surface area (Å²) in [5.74, 6) is -0.622. The van der Waals surface area contributed by atoms with Crippen LogP contribution in [0.25, 0.3) is 11.0 Å². The molecule has 6 heterocycles. The zero-order valence-corrected chi connectivity index (χ0v) is 32.3. The number of nitrogens with one attached hydrogen (secondary N) is 2. The van der Waals surface area contributed by atoms with Crippen molar-refractivity contribution in [3.05, 3.63) is 71.4 Å². The van der Waals surface area contributed by atoms with Gasteiger partial charge in [0.1, 0.15) is 28.6 Å². The molecule has 3 amide bonds. The number of hydrogen-bond acceptors (Lipinski definition) is 9. The van der Waals surface area contributed by atoms with Crippen molar-refractivity contribution in [1.29, 1.82) is 0 Å². The van der Waals surface area contributed by atoms with E-state index in [1.54, 1.807) is 37.3 Å². The minimum atomic E-state index is -1.33. The summed E-state index contributed by atoms with van der Waals surface area (Å²) in [6, 6.07) is 11.3. The number of rotatable bonds is 10. The number of pyridine rings is 1. The minimum Gasteiger partial charge on any atom is -0.370 e. The van der Waals surface area contributed by atoms with E-state index in [4.69, 9.17) is 4.98 Å². The molecular formula is C42H51F2N9O3. The van der Waals surface area contributed by atoms with E-state index in [-0.39, 0.29) is 30.7 Å². The number of halogens is 2. The van der Waals surface area contributed by atoms with Gasteiger partial charge in [0.15, 0.2) is 0 Å². The first-order valence-corrected chi connectivity index (χ1v) is 20.2. The fourth-order valence-electron chi connectivity index (χ4n) is 9.14. The fourth-order valence-corrected chi connectivity index (χ4v) is 9.14. The third kappa shape index (κ3) is 7.98. The number of alkyl halides is 1. The van der Waals surface area contributed by atoms with Crippen LogP contribution < -0.4 is 15.5 Å². The van der Waals surface area contributed by atoms with Gasteiger partial charge < -0.3 is 24.6 Å². The number of aryl methyl sites for hydroxylation is 1. The van der Waals surface area contributed by atoms with Crippen molar-refractivity contribution in [3.63, 3.8) is 0 Å². The number of piperidine rings is 3. The van der Waals surface area contributed by atoms with Crippen LogP contribution in [0.5, 0.6) is 0 Å². The Hall–Kier alpha value is -4.98. The number of amides is 3. The van der Waals surface area contributed by atoms with E-state index < -0.39 is 23.3 Å².